The van der Waals surface area contributed by atoms with E-state index in [9.17, 15) is 8.42 Å². The molecule has 0 aliphatic carbocycles. The van der Waals surface area contributed by atoms with Crippen molar-refractivity contribution in [2.45, 2.75) is 4.90 Å². The lowest BCUT2D eigenvalue weighted by molar-refractivity contribution is 0.135. The fourth-order valence-electron chi connectivity index (χ4n) is 2.45. The number of H-pyrrole nitrogens is 1. The van der Waals surface area contributed by atoms with Crippen LogP contribution in [0.4, 0.5) is 5.69 Å². The van der Waals surface area contributed by atoms with Gasteiger partial charge < -0.3 is 15.6 Å². The Morgan fingerprint density at radius 3 is 2.67 bits per heavy atom. The minimum Gasteiger partial charge on any atom is -0.399 e. The molecular formula is C13H19N5O2S. The van der Waals surface area contributed by atoms with Gasteiger partial charge in [-0.3, -0.25) is 0 Å². The molecule has 114 valence electrons. The van der Waals surface area contributed by atoms with Crippen LogP contribution >= 0.6 is 0 Å². The molecule has 0 unspecified atom stereocenters. The van der Waals surface area contributed by atoms with Crippen molar-refractivity contribution in [1.29, 1.82) is 0 Å². The standard InChI is InChI=1S/C13H19N5O2S/c1-17-4-6-18(7-5-17)16-21(19,20)13-9-15-12-3-2-10(14)8-11(12)13/h2-3,8-9,15-16H,4-7,14H2,1H3. The van der Waals surface area contributed by atoms with Gasteiger partial charge in [-0.05, 0) is 25.2 Å². The third kappa shape index (κ3) is 2.88. The lowest BCUT2D eigenvalue weighted by Gasteiger charge is -2.32. The predicted octanol–water partition coefficient (Wildman–Crippen LogP) is 0.191. The van der Waals surface area contributed by atoms with Crippen LogP contribution in [0.3, 0.4) is 0 Å². The van der Waals surface area contributed by atoms with Crippen molar-refractivity contribution in [1.82, 2.24) is 19.7 Å². The Labute approximate surface area is 123 Å². The number of piperazine rings is 1. The number of hydrogen-bond acceptors (Lipinski definition) is 5. The van der Waals surface area contributed by atoms with Gasteiger partial charge in [-0.2, -0.15) is 0 Å². The number of aromatic nitrogens is 1. The van der Waals surface area contributed by atoms with Gasteiger partial charge in [-0.25, -0.2) is 13.4 Å². The molecule has 1 aromatic heterocycles. The van der Waals surface area contributed by atoms with Gasteiger partial charge in [0.15, 0.2) is 0 Å². The van der Waals surface area contributed by atoms with Gasteiger partial charge in [0.05, 0.1) is 0 Å². The largest absolute Gasteiger partial charge is 0.399 e. The topological polar surface area (TPSA) is 94.5 Å². The van der Waals surface area contributed by atoms with E-state index in [0.717, 1.165) is 18.6 Å². The summed E-state index contributed by atoms with van der Waals surface area (Å²) in [4.78, 5) is 8.00. The van der Waals surface area contributed by atoms with E-state index >= 15 is 0 Å². The quantitative estimate of drug-likeness (QED) is 0.704. The first-order valence-electron chi connectivity index (χ1n) is 6.78. The lowest BCUT2D eigenvalue weighted by atomic mass is 10.2. The molecule has 0 amide bonds. The molecule has 4 N–H and O–H groups in total. The number of hydrazine groups is 1. The molecule has 1 fully saturated rings. The highest BCUT2D eigenvalue weighted by atomic mass is 32.2. The third-order valence-corrected chi connectivity index (χ3v) is 5.13. The molecule has 21 heavy (non-hydrogen) atoms. The van der Waals surface area contributed by atoms with Crippen LogP contribution in [0.15, 0.2) is 29.3 Å². The highest BCUT2D eigenvalue weighted by Crippen LogP contribution is 2.24. The van der Waals surface area contributed by atoms with Crippen LogP contribution in [-0.2, 0) is 10.0 Å². The summed E-state index contributed by atoms with van der Waals surface area (Å²) in [6.07, 6.45) is 1.50. The molecule has 7 nitrogen and oxygen atoms in total. The van der Waals surface area contributed by atoms with Crippen molar-refractivity contribution in [3.8, 4) is 0 Å². The van der Waals surface area contributed by atoms with Crippen LogP contribution in [0.25, 0.3) is 10.9 Å². The predicted molar refractivity (Wildman–Crippen MR) is 82.1 cm³/mol. The monoisotopic (exact) mass is 309 g/mol. The second-order valence-corrected chi connectivity index (χ2v) is 6.97. The number of hydrogen-bond donors (Lipinski definition) is 3. The zero-order valence-electron chi connectivity index (χ0n) is 11.8. The molecule has 1 aliphatic rings. The Morgan fingerprint density at radius 1 is 1.24 bits per heavy atom. The summed E-state index contributed by atoms with van der Waals surface area (Å²) >= 11 is 0. The van der Waals surface area contributed by atoms with Crippen LogP contribution in [0.1, 0.15) is 0 Å². The number of nitrogens with one attached hydrogen (secondary N) is 2. The zero-order valence-corrected chi connectivity index (χ0v) is 12.7. The SMILES string of the molecule is CN1CCN(NS(=O)(=O)c2c[nH]c3ccc(N)cc23)CC1. The average molecular weight is 309 g/mol. The van der Waals surface area contributed by atoms with Crippen LogP contribution in [0, 0.1) is 0 Å². The van der Waals surface area contributed by atoms with E-state index in [-0.39, 0.29) is 4.90 Å². The van der Waals surface area contributed by atoms with E-state index in [2.05, 4.69) is 14.7 Å². The number of likely N-dealkylation sites (N-methyl/N-ethyl adjacent to an activating group) is 1. The molecule has 0 spiro atoms. The Morgan fingerprint density at radius 2 is 1.95 bits per heavy atom. The molecule has 0 bridgehead atoms. The maximum atomic E-state index is 12.5. The van der Waals surface area contributed by atoms with Crippen LogP contribution in [0.5, 0.6) is 0 Å². The maximum Gasteiger partial charge on any atom is 0.255 e. The number of fused-ring (bicyclic) bond motifs is 1. The zero-order chi connectivity index (χ0) is 15.0. The van der Waals surface area contributed by atoms with Gasteiger partial charge >= 0.3 is 0 Å². The van der Waals surface area contributed by atoms with Gasteiger partial charge in [0, 0.05) is 49.0 Å². The lowest BCUT2D eigenvalue weighted by Crippen LogP contribution is -2.52. The second kappa shape index (κ2) is 5.30. The number of rotatable bonds is 3. The van der Waals surface area contributed by atoms with Gasteiger partial charge in [0.2, 0.25) is 0 Å². The van der Waals surface area contributed by atoms with Crippen LogP contribution in [0.2, 0.25) is 0 Å². The summed E-state index contributed by atoms with van der Waals surface area (Å²) in [7, 11) is -1.58. The van der Waals surface area contributed by atoms with Gasteiger partial charge in [0.1, 0.15) is 4.90 Å². The molecule has 2 aromatic rings. The van der Waals surface area contributed by atoms with Crippen LogP contribution < -0.4 is 10.6 Å². The summed E-state index contributed by atoms with van der Waals surface area (Å²) < 4.78 is 25.1. The van der Waals surface area contributed by atoms with E-state index < -0.39 is 10.0 Å². The van der Waals surface area contributed by atoms with E-state index in [1.807, 2.05) is 7.05 Å². The first-order chi connectivity index (χ1) is 9.95. The third-order valence-electron chi connectivity index (χ3n) is 3.71. The Kier molecular flexibility index (Phi) is 3.62. The van der Waals surface area contributed by atoms with Crippen molar-refractivity contribution in [2.24, 2.45) is 0 Å². The second-order valence-electron chi connectivity index (χ2n) is 5.34. The van der Waals surface area contributed by atoms with E-state index in [0.29, 0.717) is 24.2 Å². The molecule has 1 aliphatic heterocycles. The van der Waals surface area contributed by atoms with E-state index in [1.165, 1.54) is 6.20 Å². The molecule has 1 saturated heterocycles. The number of benzene rings is 1. The summed E-state index contributed by atoms with van der Waals surface area (Å²) in [6.45, 7) is 3.01. The molecule has 3 rings (SSSR count). The normalized spacial score (nSPS) is 18.3. The molecule has 1 aromatic carbocycles. The van der Waals surface area contributed by atoms with Gasteiger partial charge in [-0.15, -0.1) is 4.83 Å². The molecule has 0 saturated carbocycles. The highest BCUT2D eigenvalue weighted by Gasteiger charge is 2.24. The number of sulfonamides is 1. The molecule has 8 heteroatoms. The summed E-state index contributed by atoms with van der Waals surface area (Å²) in [5.41, 5.74) is 7.04. The van der Waals surface area contributed by atoms with Crippen molar-refractivity contribution in [3.63, 3.8) is 0 Å². The van der Waals surface area contributed by atoms with Gasteiger partial charge in [0.25, 0.3) is 10.0 Å². The summed E-state index contributed by atoms with van der Waals surface area (Å²) in [5, 5.41) is 2.34. The number of anilines is 1. The summed E-state index contributed by atoms with van der Waals surface area (Å²) in [6, 6.07) is 5.19. The fraction of sp³-hybridized carbons (Fsp3) is 0.385. The van der Waals surface area contributed by atoms with Crippen molar-refractivity contribution < 1.29 is 8.42 Å². The Hall–Kier alpha value is -1.61. The van der Waals surface area contributed by atoms with Crippen molar-refractivity contribution in [2.75, 3.05) is 39.0 Å². The van der Waals surface area contributed by atoms with E-state index in [1.54, 1.807) is 23.2 Å². The first-order valence-corrected chi connectivity index (χ1v) is 8.26. The van der Waals surface area contributed by atoms with Crippen LogP contribution in [-0.4, -0.2) is 56.5 Å². The first kappa shape index (κ1) is 14.3. The van der Waals surface area contributed by atoms with Crippen molar-refractivity contribution in [3.05, 3.63) is 24.4 Å². The molecule has 0 atom stereocenters. The summed E-state index contributed by atoms with van der Waals surface area (Å²) in [5.74, 6) is 0. The number of nitrogens with two attached hydrogens (primary N) is 1. The Bertz CT molecular complexity index is 747. The Balaban J connectivity index is 1.88. The number of nitrogens with zero attached hydrogens (tertiary/aromatic N) is 2. The minimum atomic E-state index is -3.61. The average Bonchev–Trinajstić information content (AvgIpc) is 2.85. The smallest absolute Gasteiger partial charge is 0.255 e. The van der Waals surface area contributed by atoms with E-state index in [4.69, 9.17) is 5.73 Å². The maximum absolute atomic E-state index is 12.5. The fourth-order valence-corrected chi connectivity index (χ4v) is 3.75. The highest BCUT2D eigenvalue weighted by molar-refractivity contribution is 7.89. The number of nitrogen functional groups attached to an aromatic ring is 1. The molecule has 0 radical (unpaired) electrons. The molecule has 2 heterocycles. The van der Waals surface area contributed by atoms with Gasteiger partial charge in [-0.1, -0.05) is 0 Å². The van der Waals surface area contributed by atoms with Crippen molar-refractivity contribution >= 4 is 26.6 Å². The number of aromatic amines is 1. The molecular weight excluding hydrogens is 290 g/mol. The minimum absolute atomic E-state index is 0.226.